The van der Waals surface area contributed by atoms with Gasteiger partial charge in [0.05, 0.1) is 23.7 Å². The molecule has 2 atom stereocenters. The van der Waals surface area contributed by atoms with Crippen molar-refractivity contribution < 1.29 is 14.3 Å². The molecule has 1 aliphatic rings. The van der Waals surface area contributed by atoms with Gasteiger partial charge in [-0.15, -0.1) is 0 Å². The number of rotatable bonds is 14. The fourth-order valence-corrected chi connectivity index (χ4v) is 4.43. The van der Waals surface area contributed by atoms with E-state index in [1.165, 1.54) is 32.1 Å². The minimum atomic E-state index is -0.396. The lowest BCUT2D eigenvalue weighted by molar-refractivity contribution is 0.0734. The lowest BCUT2D eigenvalue weighted by Gasteiger charge is -2.11. The molecular formula is C29H37NO3. The summed E-state index contributed by atoms with van der Waals surface area (Å²) in [6.45, 7) is 5.10. The molecule has 0 saturated heterocycles. The molecule has 2 aromatic carbocycles. The molecule has 1 saturated carbocycles. The van der Waals surface area contributed by atoms with Gasteiger partial charge in [-0.3, -0.25) is 0 Å². The first-order valence-electron chi connectivity index (χ1n) is 12.6. The van der Waals surface area contributed by atoms with Gasteiger partial charge in [-0.05, 0) is 67.1 Å². The number of unbranched alkanes of at least 4 members (excludes halogenated alkanes) is 6. The second-order valence-electron chi connectivity index (χ2n) is 9.18. The first-order chi connectivity index (χ1) is 16.1. The molecule has 1 aliphatic carbocycles. The van der Waals surface area contributed by atoms with Gasteiger partial charge in [0.1, 0.15) is 11.5 Å². The molecule has 0 N–H and O–H groups in total. The number of hydrogen-bond donors (Lipinski definition) is 0. The van der Waals surface area contributed by atoms with Gasteiger partial charge in [0.2, 0.25) is 0 Å². The highest BCUT2D eigenvalue weighted by molar-refractivity contribution is 5.91. The van der Waals surface area contributed by atoms with Gasteiger partial charge in [0.15, 0.2) is 0 Å². The van der Waals surface area contributed by atoms with Crippen molar-refractivity contribution in [3.05, 3.63) is 59.7 Å². The Morgan fingerprint density at radius 1 is 0.909 bits per heavy atom. The molecule has 0 aromatic heterocycles. The minimum absolute atomic E-state index is 0.358. The Morgan fingerprint density at radius 2 is 1.55 bits per heavy atom. The zero-order valence-corrected chi connectivity index (χ0v) is 20.1. The van der Waals surface area contributed by atoms with Gasteiger partial charge in [-0.25, -0.2) is 4.79 Å². The Labute approximate surface area is 198 Å². The second-order valence-corrected chi connectivity index (χ2v) is 9.18. The summed E-state index contributed by atoms with van der Waals surface area (Å²) in [6.07, 6.45) is 11.7. The van der Waals surface area contributed by atoms with E-state index >= 15 is 0 Å². The van der Waals surface area contributed by atoms with Crippen LogP contribution >= 0.6 is 0 Å². The Hall–Kier alpha value is -2.80. The molecule has 2 aromatic rings. The van der Waals surface area contributed by atoms with Crippen LogP contribution in [-0.2, 0) is 5.41 Å². The van der Waals surface area contributed by atoms with Crippen LogP contribution < -0.4 is 9.47 Å². The average Bonchev–Trinajstić information content (AvgIpc) is 3.57. The predicted octanol–water partition coefficient (Wildman–Crippen LogP) is 7.62. The van der Waals surface area contributed by atoms with E-state index in [4.69, 9.17) is 9.47 Å². The Morgan fingerprint density at radius 3 is 2.21 bits per heavy atom. The number of nitrogens with zero attached hydrogens (tertiary/aromatic N) is 1. The largest absolute Gasteiger partial charge is 0.494 e. The third-order valence-electron chi connectivity index (χ3n) is 6.65. The van der Waals surface area contributed by atoms with Crippen LogP contribution in [0, 0.1) is 17.2 Å². The van der Waals surface area contributed by atoms with Crippen LogP contribution in [0.1, 0.15) is 94.0 Å². The zero-order chi connectivity index (χ0) is 23.5. The number of hydrogen-bond acceptors (Lipinski definition) is 4. The van der Waals surface area contributed by atoms with Crippen molar-refractivity contribution in [3.63, 3.8) is 0 Å². The van der Waals surface area contributed by atoms with E-state index < -0.39 is 5.97 Å². The highest BCUT2D eigenvalue weighted by atomic mass is 16.5. The summed E-state index contributed by atoms with van der Waals surface area (Å²) in [4.78, 5) is 12.5. The predicted molar refractivity (Wildman–Crippen MR) is 132 cm³/mol. The Balaban J connectivity index is 1.46. The van der Waals surface area contributed by atoms with E-state index in [1.807, 2.05) is 24.3 Å². The lowest BCUT2D eigenvalue weighted by atomic mass is 9.93. The maximum absolute atomic E-state index is 12.5. The van der Waals surface area contributed by atoms with Crippen molar-refractivity contribution in [2.75, 3.05) is 6.61 Å². The molecule has 0 unspecified atom stereocenters. The van der Waals surface area contributed by atoms with E-state index in [0.29, 0.717) is 23.8 Å². The quantitative estimate of drug-likeness (QED) is 0.170. The van der Waals surface area contributed by atoms with E-state index in [-0.39, 0.29) is 5.41 Å². The smallest absolute Gasteiger partial charge is 0.343 e. The molecular weight excluding hydrogens is 410 g/mol. The molecule has 33 heavy (non-hydrogen) atoms. The molecule has 176 valence electrons. The number of benzene rings is 2. The van der Waals surface area contributed by atoms with Crippen molar-refractivity contribution in [2.24, 2.45) is 5.92 Å². The van der Waals surface area contributed by atoms with Gasteiger partial charge >= 0.3 is 5.97 Å². The van der Waals surface area contributed by atoms with Crippen LogP contribution in [0.4, 0.5) is 0 Å². The van der Waals surface area contributed by atoms with Crippen molar-refractivity contribution >= 4 is 5.97 Å². The van der Waals surface area contributed by atoms with E-state index in [1.54, 1.807) is 24.3 Å². The highest BCUT2D eigenvalue weighted by Gasteiger charge is 2.55. The number of carbonyl (C=O) groups excluding carboxylic acids is 1. The van der Waals surface area contributed by atoms with Crippen LogP contribution in [0.5, 0.6) is 11.5 Å². The summed E-state index contributed by atoms with van der Waals surface area (Å²) >= 11 is 0. The first kappa shape index (κ1) is 24.8. The number of carbonyl (C=O) groups is 1. The van der Waals surface area contributed by atoms with Crippen LogP contribution in [0.2, 0.25) is 0 Å². The van der Waals surface area contributed by atoms with Crippen molar-refractivity contribution in [3.8, 4) is 17.6 Å². The van der Waals surface area contributed by atoms with Gasteiger partial charge in [0.25, 0.3) is 0 Å². The van der Waals surface area contributed by atoms with Gasteiger partial charge in [0, 0.05) is 0 Å². The zero-order valence-electron chi connectivity index (χ0n) is 20.1. The molecule has 0 bridgehead atoms. The SMILES string of the molecule is CCCCCCCCOc1ccc(C(=O)Oc2ccc([C@@]3(C#N)C[C@H]3CCCC)cc2)cc1. The summed E-state index contributed by atoms with van der Waals surface area (Å²) < 4.78 is 11.3. The standard InChI is InChI=1S/C29H37NO3/c1-3-5-7-8-9-10-20-32-26-16-12-23(13-17-26)28(31)33-27-18-14-24(15-19-27)29(22-30)21-25(29)11-6-4-2/h12-19,25H,3-11,20-21H2,1-2H3/t25-,29+/m1/s1. The van der Waals surface area contributed by atoms with Crippen LogP contribution in [-0.4, -0.2) is 12.6 Å². The molecule has 0 amide bonds. The highest BCUT2D eigenvalue weighted by Crippen LogP contribution is 2.56. The fraction of sp³-hybridized carbons (Fsp3) is 0.517. The van der Waals surface area contributed by atoms with Gasteiger partial charge < -0.3 is 9.47 Å². The van der Waals surface area contributed by atoms with Crippen LogP contribution in [0.25, 0.3) is 0 Å². The summed E-state index contributed by atoms with van der Waals surface area (Å²) in [5.41, 5.74) is 1.15. The van der Waals surface area contributed by atoms with Gasteiger partial charge in [-0.2, -0.15) is 5.26 Å². The molecule has 0 spiro atoms. The van der Waals surface area contributed by atoms with Crippen molar-refractivity contribution in [2.45, 2.75) is 83.5 Å². The number of nitriles is 1. The molecule has 1 fully saturated rings. The molecule has 0 aliphatic heterocycles. The third kappa shape index (κ3) is 6.84. The normalized spacial score (nSPS) is 19.0. The summed E-state index contributed by atoms with van der Waals surface area (Å²) in [6, 6.07) is 17.1. The molecule has 4 heteroatoms. The Bertz CT molecular complexity index is 913. The lowest BCUT2D eigenvalue weighted by Crippen LogP contribution is -2.10. The summed E-state index contributed by atoms with van der Waals surface area (Å²) in [5, 5.41) is 9.73. The van der Waals surface area contributed by atoms with E-state index in [0.717, 1.165) is 43.4 Å². The van der Waals surface area contributed by atoms with Crippen LogP contribution in [0.3, 0.4) is 0 Å². The average molecular weight is 448 g/mol. The Kier molecular flexibility index (Phi) is 9.36. The maximum atomic E-state index is 12.5. The summed E-state index contributed by atoms with van der Waals surface area (Å²) in [7, 11) is 0. The monoisotopic (exact) mass is 447 g/mol. The van der Waals surface area contributed by atoms with Gasteiger partial charge in [-0.1, -0.05) is 70.9 Å². The van der Waals surface area contributed by atoms with E-state index in [2.05, 4.69) is 19.9 Å². The maximum Gasteiger partial charge on any atom is 0.343 e. The van der Waals surface area contributed by atoms with Crippen molar-refractivity contribution in [1.82, 2.24) is 0 Å². The molecule has 0 radical (unpaired) electrons. The number of ether oxygens (including phenoxy) is 2. The summed E-state index contributed by atoms with van der Waals surface area (Å²) in [5.74, 6) is 1.31. The van der Waals surface area contributed by atoms with Crippen molar-refractivity contribution in [1.29, 1.82) is 5.26 Å². The molecule has 0 heterocycles. The van der Waals surface area contributed by atoms with E-state index in [9.17, 15) is 10.1 Å². The van der Waals surface area contributed by atoms with Crippen LogP contribution in [0.15, 0.2) is 48.5 Å². The first-order valence-corrected chi connectivity index (χ1v) is 12.6. The molecule has 3 rings (SSSR count). The third-order valence-corrected chi connectivity index (χ3v) is 6.65. The topological polar surface area (TPSA) is 59.3 Å². The fourth-order valence-electron chi connectivity index (χ4n) is 4.43. The molecule has 4 nitrogen and oxygen atoms in total. The minimum Gasteiger partial charge on any atom is -0.494 e. The number of esters is 1. The second kappa shape index (κ2) is 12.4.